The second-order valence-corrected chi connectivity index (χ2v) is 3.14. The summed E-state index contributed by atoms with van der Waals surface area (Å²) in [4.78, 5) is 23.1. The van der Waals surface area contributed by atoms with Crippen LogP contribution in [0.2, 0.25) is 0 Å². The largest absolute Gasteiger partial charge is 0.449 e. The molecule has 5 nitrogen and oxygen atoms in total. The summed E-state index contributed by atoms with van der Waals surface area (Å²) in [6.07, 6.45) is -0.415. The summed E-state index contributed by atoms with van der Waals surface area (Å²) in [6.45, 7) is 3.33. The van der Waals surface area contributed by atoms with Crippen molar-refractivity contribution in [3.8, 4) is 0 Å². The molecule has 1 fully saturated rings. The Balaban J connectivity index is 2.08. The first-order valence-electron chi connectivity index (χ1n) is 4.23. The molecule has 13 heavy (non-hydrogen) atoms. The Bertz CT molecular complexity index is 211. The highest BCUT2D eigenvalue weighted by Crippen LogP contribution is 2.15. The summed E-state index contributed by atoms with van der Waals surface area (Å²) in [6, 6.07) is 0. The van der Waals surface area contributed by atoms with Gasteiger partial charge in [0.2, 0.25) is 5.91 Å². The number of nitrogens with one attached hydrogen (secondary N) is 1. The van der Waals surface area contributed by atoms with Crippen molar-refractivity contribution in [1.29, 1.82) is 0 Å². The van der Waals surface area contributed by atoms with Gasteiger partial charge in [-0.1, -0.05) is 0 Å². The lowest BCUT2D eigenvalue weighted by molar-refractivity contribution is -0.135. The fraction of sp³-hybridized carbons (Fsp3) is 0.750. The van der Waals surface area contributed by atoms with E-state index in [1.165, 1.54) is 14.0 Å². The van der Waals surface area contributed by atoms with Crippen LogP contribution >= 0.6 is 0 Å². The van der Waals surface area contributed by atoms with Crippen LogP contribution in [-0.4, -0.2) is 43.6 Å². The minimum atomic E-state index is -0.415. The van der Waals surface area contributed by atoms with Crippen molar-refractivity contribution in [1.82, 2.24) is 10.2 Å². The van der Waals surface area contributed by atoms with Crippen molar-refractivity contribution in [2.45, 2.75) is 6.92 Å². The van der Waals surface area contributed by atoms with Gasteiger partial charge in [0.25, 0.3) is 0 Å². The molecule has 1 N–H and O–H groups in total. The first-order valence-corrected chi connectivity index (χ1v) is 4.23. The van der Waals surface area contributed by atoms with Crippen LogP contribution in [0, 0.1) is 5.92 Å². The van der Waals surface area contributed by atoms with E-state index in [4.69, 9.17) is 4.74 Å². The average Bonchev–Trinajstić information content (AvgIpc) is 2.00. The lowest BCUT2D eigenvalue weighted by Gasteiger charge is -2.37. The Morgan fingerprint density at radius 1 is 1.54 bits per heavy atom. The Morgan fingerprint density at radius 2 is 2.15 bits per heavy atom. The number of nitrogens with zero attached hydrogens (tertiary/aromatic N) is 1. The third-order valence-corrected chi connectivity index (χ3v) is 2.06. The fourth-order valence-electron chi connectivity index (χ4n) is 1.20. The molecule has 0 bridgehead atoms. The molecule has 1 aliphatic heterocycles. The number of hydrogen-bond donors (Lipinski definition) is 1. The van der Waals surface area contributed by atoms with Crippen molar-refractivity contribution in [3.63, 3.8) is 0 Å². The maximum atomic E-state index is 10.8. The van der Waals surface area contributed by atoms with Gasteiger partial charge in [0.15, 0.2) is 0 Å². The van der Waals surface area contributed by atoms with Crippen molar-refractivity contribution in [3.05, 3.63) is 0 Å². The van der Waals surface area contributed by atoms with Crippen LogP contribution < -0.4 is 5.32 Å². The summed E-state index contributed by atoms with van der Waals surface area (Å²) >= 11 is 0. The van der Waals surface area contributed by atoms with E-state index in [1.807, 2.05) is 0 Å². The fourth-order valence-corrected chi connectivity index (χ4v) is 1.20. The van der Waals surface area contributed by atoms with Gasteiger partial charge in [0.1, 0.15) is 0 Å². The number of carbonyl (C=O) groups excluding carboxylic acids is 2. The third kappa shape index (κ3) is 2.61. The molecular weight excluding hydrogens is 172 g/mol. The molecule has 74 valence electrons. The molecule has 0 aromatic carbocycles. The van der Waals surface area contributed by atoms with E-state index in [-0.39, 0.29) is 5.91 Å². The molecule has 5 heteroatoms. The van der Waals surface area contributed by atoms with E-state index in [0.717, 1.165) is 0 Å². The van der Waals surface area contributed by atoms with E-state index in [1.54, 1.807) is 4.90 Å². The molecule has 1 rings (SSSR count). The molecule has 2 amide bonds. The maximum Gasteiger partial charge on any atom is 0.406 e. The second-order valence-electron chi connectivity index (χ2n) is 3.14. The van der Waals surface area contributed by atoms with E-state index in [9.17, 15) is 9.59 Å². The highest BCUT2D eigenvalue weighted by Gasteiger charge is 2.29. The topological polar surface area (TPSA) is 58.6 Å². The summed E-state index contributed by atoms with van der Waals surface area (Å²) in [5.74, 6) is 0.386. The second kappa shape index (κ2) is 4.11. The quantitative estimate of drug-likeness (QED) is 0.651. The molecule has 0 spiro atoms. The summed E-state index contributed by atoms with van der Waals surface area (Å²) in [7, 11) is 1.52. The minimum Gasteiger partial charge on any atom is -0.449 e. The molecule has 1 heterocycles. The zero-order chi connectivity index (χ0) is 9.84. The zero-order valence-electron chi connectivity index (χ0n) is 7.87. The zero-order valence-corrected chi connectivity index (χ0v) is 7.87. The maximum absolute atomic E-state index is 10.8. The molecule has 0 atom stereocenters. The monoisotopic (exact) mass is 186 g/mol. The standard InChI is InChI=1S/C8H14N2O3/c1-6(11)10-3-7(4-10)5-13-8(12)9-2/h7H,3-5H2,1-2H3,(H,9,12). The number of rotatable bonds is 2. The third-order valence-electron chi connectivity index (χ3n) is 2.06. The molecule has 0 aromatic rings. The number of alkyl carbamates (subject to hydrolysis) is 1. The molecule has 0 aromatic heterocycles. The molecule has 0 radical (unpaired) electrons. The van der Waals surface area contributed by atoms with Crippen LogP contribution in [0.1, 0.15) is 6.92 Å². The summed E-state index contributed by atoms with van der Waals surface area (Å²) in [5, 5.41) is 2.36. The van der Waals surface area contributed by atoms with Gasteiger partial charge in [0, 0.05) is 33.0 Å². The number of carbonyl (C=O) groups is 2. The van der Waals surface area contributed by atoms with Crippen LogP contribution in [0.4, 0.5) is 4.79 Å². The van der Waals surface area contributed by atoms with Gasteiger partial charge in [-0.2, -0.15) is 0 Å². The molecular formula is C8H14N2O3. The predicted octanol–water partition coefficient (Wildman–Crippen LogP) is -0.179. The number of likely N-dealkylation sites (tertiary alicyclic amines) is 1. The molecule has 1 saturated heterocycles. The molecule has 0 saturated carbocycles. The van der Waals surface area contributed by atoms with Crippen molar-refractivity contribution < 1.29 is 14.3 Å². The van der Waals surface area contributed by atoms with Gasteiger partial charge in [-0.15, -0.1) is 0 Å². The average molecular weight is 186 g/mol. The Labute approximate surface area is 77.0 Å². The van der Waals surface area contributed by atoms with Gasteiger partial charge in [0.05, 0.1) is 6.61 Å². The first-order chi connectivity index (χ1) is 6.13. The number of amides is 2. The summed E-state index contributed by atoms with van der Waals surface area (Å²) in [5.41, 5.74) is 0. The molecule has 0 aliphatic carbocycles. The van der Waals surface area contributed by atoms with Gasteiger partial charge in [-0.3, -0.25) is 4.79 Å². The molecule has 1 aliphatic rings. The van der Waals surface area contributed by atoms with E-state index >= 15 is 0 Å². The van der Waals surface area contributed by atoms with E-state index < -0.39 is 6.09 Å². The normalized spacial score (nSPS) is 16.3. The van der Waals surface area contributed by atoms with Crippen LogP contribution in [0.15, 0.2) is 0 Å². The van der Waals surface area contributed by atoms with Crippen molar-refractivity contribution in [2.24, 2.45) is 5.92 Å². The van der Waals surface area contributed by atoms with Gasteiger partial charge in [-0.25, -0.2) is 4.79 Å². The van der Waals surface area contributed by atoms with E-state index in [0.29, 0.717) is 25.6 Å². The van der Waals surface area contributed by atoms with E-state index in [2.05, 4.69) is 5.32 Å². The SMILES string of the molecule is CNC(=O)OCC1CN(C(C)=O)C1. The number of hydrogen-bond acceptors (Lipinski definition) is 3. The Hall–Kier alpha value is -1.26. The lowest BCUT2D eigenvalue weighted by atomic mass is 10.0. The van der Waals surface area contributed by atoms with Crippen LogP contribution in [-0.2, 0) is 9.53 Å². The first kappa shape index (κ1) is 9.83. The Kier molecular flexibility index (Phi) is 3.11. The van der Waals surface area contributed by atoms with Gasteiger partial charge in [-0.05, 0) is 0 Å². The number of ether oxygens (including phenoxy) is 1. The van der Waals surface area contributed by atoms with Crippen LogP contribution in [0.25, 0.3) is 0 Å². The smallest absolute Gasteiger partial charge is 0.406 e. The molecule has 0 unspecified atom stereocenters. The van der Waals surface area contributed by atoms with Gasteiger partial charge < -0.3 is 15.0 Å². The summed E-state index contributed by atoms with van der Waals surface area (Å²) < 4.78 is 4.84. The highest BCUT2D eigenvalue weighted by atomic mass is 16.5. The van der Waals surface area contributed by atoms with Crippen molar-refractivity contribution in [2.75, 3.05) is 26.7 Å². The minimum absolute atomic E-state index is 0.0798. The van der Waals surface area contributed by atoms with Crippen LogP contribution in [0.3, 0.4) is 0 Å². The van der Waals surface area contributed by atoms with Crippen LogP contribution in [0.5, 0.6) is 0 Å². The lowest BCUT2D eigenvalue weighted by Crippen LogP contribution is -2.51. The Morgan fingerprint density at radius 3 is 2.62 bits per heavy atom. The highest BCUT2D eigenvalue weighted by molar-refractivity contribution is 5.74. The van der Waals surface area contributed by atoms with Gasteiger partial charge >= 0.3 is 6.09 Å². The predicted molar refractivity (Wildman–Crippen MR) is 46.2 cm³/mol. The van der Waals surface area contributed by atoms with Crippen molar-refractivity contribution >= 4 is 12.0 Å².